The average molecular weight is 267 g/mol. The molecule has 92 valence electrons. The summed E-state index contributed by atoms with van der Waals surface area (Å²) in [7, 11) is 0. The Morgan fingerprint density at radius 1 is 1.32 bits per heavy atom. The lowest BCUT2D eigenvalue weighted by Crippen LogP contribution is -2.11. The van der Waals surface area contributed by atoms with Crippen molar-refractivity contribution in [1.82, 2.24) is 4.98 Å². The fourth-order valence-corrected chi connectivity index (χ4v) is 2.68. The van der Waals surface area contributed by atoms with Crippen LogP contribution in [0.1, 0.15) is 15.9 Å². The number of nitriles is 1. The van der Waals surface area contributed by atoms with E-state index in [9.17, 15) is 4.79 Å². The van der Waals surface area contributed by atoms with Crippen LogP contribution in [0.15, 0.2) is 41.9 Å². The second-order valence-corrected chi connectivity index (χ2v) is 4.89. The zero-order chi connectivity index (χ0) is 13.2. The molecule has 0 atom stereocenters. The molecular weight excluding hydrogens is 258 g/mol. The Hall–Kier alpha value is -2.58. The number of nitrogens with zero attached hydrogens (tertiary/aromatic N) is 1. The number of aromatic amines is 1. The first-order valence-corrected chi connectivity index (χ1v) is 6.52. The first-order chi connectivity index (χ1) is 9.29. The molecular formula is C14H9N3OS. The van der Waals surface area contributed by atoms with Crippen LogP contribution in [-0.4, -0.2) is 10.9 Å². The lowest BCUT2D eigenvalue weighted by atomic mass is 10.1. The molecule has 0 aliphatic heterocycles. The number of thiophene rings is 1. The van der Waals surface area contributed by atoms with Gasteiger partial charge in [0.2, 0.25) is 0 Å². The van der Waals surface area contributed by atoms with Crippen LogP contribution in [0.5, 0.6) is 0 Å². The van der Waals surface area contributed by atoms with E-state index in [2.05, 4.69) is 16.4 Å². The Labute approximate surface area is 113 Å². The first-order valence-electron chi connectivity index (χ1n) is 5.64. The van der Waals surface area contributed by atoms with Gasteiger partial charge in [0.25, 0.3) is 5.91 Å². The molecule has 19 heavy (non-hydrogen) atoms. The van der Waals surface area contributed by atoms with Gasteiger partial charge in [-0.25, -0.2) is 0 Å². The number of amides is 1. The minimum atomic E-state index is -0.204. The predicted octanol–water partition coefficient (Wildman–Crippen LogP) is 3.35. The molecule has 5 heteroatoms. The molecule has 4 nitrogen and oxygen atoms in total. The summed E-state index contributed by atoms with van der Waals surface area (Å²) in [5, 5.41) is 14.9. The minimum absolute atomic E-state index is 0.204. The quantitative estimate of drug-likeness (QED) is 0.747. The number of fused-ring (bicyclic) bond motifs is 1. The van der Waals surface area contributed by atoms with Gasteiger partial charge in [-0.05, 0) is 29.6 Å². The summed E-state index contributed by atoms with van der Waals surface area (Å²) >= 11 is 1.34. The summed E-state index contributed by atoms with van der Waals surface area (Å²) < 4.78 is 0. The van der Waals surface area contributed by atoms with E-state index < -0.39 is 0 Å². The third kappa shape index (κ3) is 1.98. The van der Waals surface area contributed by atoms with Gasteiger partial charge in [0, 0.05) is 22.7 Å². The summed E-state index contributed by atoms with van der Waals surface area (Å²) in [6.45, 7) is 0. The highest BCUT2D eigenvalue weighted by Crippen LogP contribution is 2.24. The number of rotatable bonds is 2. The van der Waals surface area contributed by atoms with Crippen molar-refractivity contribution in [3.05, 3.63) is 53.0 Å². The maximum absolute atomic E-state index is 12.3. The van der Waals surface area contributed by atoms with Gasteiger partial charge < -0.3 is 10.3 Å². The van der Waals surface area contributed by atoms with Crippen LogP contribution in [-0.2, 0) is 0 Å². The lowest BCUT2D eigenvalue weighted by molar-refractivity contribution is 0.102. The lowest BCUT2D eigenvalue weighted by Gasteiger charge is -2.04. The normalized spacial score (nSPS) is 10.3. The number of carbonyl (C=O) groups is 1. The van der Waals surface area contributed by atoms with Crippen molar-refractivity contribution in [3.63, 3.8) is 0 Å². The topological polar surface area (TPSA) is 68.7 Å². The monoisotopic (exact) mass is 267 g/mol. The van der Waals surface area contributed by atoms with Gasteiger partial charge in [-0.3, -0.25) is 4.79 Å². The van der Waals surface area contributed by atoms with Crippen molar-refractivity contribution in [2.75, 3.05) is 5.32 Å². The number of aromatic nitrogens is 1. The highest BCUT2D eigenvalue weighted by Gasteiger charge is 2.13. The standard InChI is InChI=1S/C14H9N3OS/c15-8-9-5-7-19-14(9)17-13(18)11-2-1-3-12-10(11)4-6-16-12/h1-7,16H,(H,17,18). The zero-order valence-corrected chi connectivity index (χ0v) is 10.6. The van der Waals surface area contributed by atoms with E-state index in [1.54, 1.807) is 23.7 Å². The summed E-state index contributed by atoms with van der Waals surface area (Å²) in [6, 6.07) is 11.1. The maximum atomic E-state index is 12.3. The Morgan fingerprint density at radius 2 is 2.21 bits per heavy atom. The molecule has 0 bridgehead atoms. The largest absolute Gasteiger partial charge is 0.361 e. The number of carbonyl (C=O) groups excluding carboxylic acids is 1. The zero-order valence-electron chi connectivity index (χ0n) is 9.81. The fourth-order valence-electron chi connectivity index (χ4n) is 1.95. The molecule has 2 heterocycles. The summed E-state index contributed by atoms with van der Waals surface area (Å²) in [5.74, 6) is -0.204. The number of H-pyrrole nitrogens is 1. The van der Waals surface area contributed by atoms with Crippen molar-refractivity contribution in [3.8, 4) is 6.07 Å². The molecule has 2 N–H and O–H groups in total. The highest BCUT2D eigenvalue weighted by atomic mass is 32.1. The Kier molecular flexibility index (Phi) is 2.78. The maximum Gasteiger partial charge on any atom is 0.256 e. The molecule has 0 fully saturated rings. The van der Waals surface area contributed by atoms with Crippen LogP contribution in [0.3, 0.4) is 0 Å². The third-order valence-corrected chi connectivity index (χ3v) is 3.68. The van der Waals surface area contributed by atoms with Crippen molar-refractivity contribution in [2.24, 2.45) is 0 Å². The van der Waals surface area contributed by atoms with Crippen LogP contribution in [0.25, 0.3) is 10.9 Å². The number of benzene rings is 1. The molecule has 0 saturated carbocycles. The Balaban J connectivity index is 1.97. The third-order valence-electron chi connectivity index (χ3n) is 2.85. The van der Waals surface area contributed by atoms with Crippen LogP contribution in [0.4, 0.5) is 5.00 Å². The number of anilines is 1. The van der Waals surface area contributed by atoms with Gasteiger partial charge in [-0.2, -0.15) is 5.26 Å². The van der Waals surface area contributed by atoms with E-state index in [0.717, 1.165) is 10.9 Å². The molecule has 0 spiro atoms. The molecule has 0 radical (unpaired) electrons. The van der Waals surface area contributed by atoms with E-state index in [-0.39, 0.29) is 5.91 Å². The molecule has 1 aromatic carbocycles. The van der Waals surface area contributed by atoms with Gasteiger partial charge in [-0.1, -0.05) is 6.07 Å². The summed E-state index contributed by atoms with van der Waals surface area (Å²) in [4.78, 5) is 15.3. The molecule has 0 saturated heterocycles. The van der Waals surface area contributed by atoms with Gasteiger partial charge in [0.1, 0.15) is 11.1 Å². The molecule has 3 aromatic rings. The number of hydrogen-bond acceptors (Lipinski definition) is 3. The second kappa shape index (κ2) is 4.59. The molecule has 0 aliphatic rings. The Morgan fingerprint density at radius 3 is 3.05 bits per heavy atom. The van der Waals surface area contributed by atoms with E-state index in [1.165, 1.54) is 11.3 Å². The number of hydrogen-bond donors (Lipinski definition) is 2. The van der Waals surface area contributed by atoms with Gasteiger partial charge in [0.15, 0.2) is 0 Å². The van der Waals surface area contributed by atoms with E-state index >= 15 is 0 Å². The predicted molar refractivity (Wildman–Crippen MR) is 75.3 cm³/mol. The molecule has 2 aromatic heterocycles. The van der Waals surface area contributed by atoms with Crippen molar-refractivity contribution >= 4 is 33.1 Å². The SMILES string of the molecule is N#Cc1ccsc1NC(=O)c1cccc2[nH]ccc12. The van der Waals surface area contributed by atoms with Crippen LogP contribution >= 0.6 is 11.3 Å². The van der Waals surface area contributed by atoms with E-state index in [4.69, 9.17) is 5.26 Å². The summed E-state index contributed by atoms with van der Waals surface area (Å²) in [5.41, 5.74) is 2.00. The van der Waals surface area contributed by atoms with Crippen molar-refractivity contribution < 1.29 is 4.79 Å². The summed E-state index contributed by atoms with van der Waals surface area (Å²) in [6.07, 6.45) is 1.80. The average Bonchev–Trinajstić information content (AvgIpc) is 3.05. The smallest absolute Gasteiger partial charge is 0.256 e. The Bertz CT molecular complexity index is 794. The first kappa shape index (κ1) is 11.5. The van der Waals surface area contributed by atoms with Gasteiger partial charge in [0.05, 0.1) is 5.56 Å². The van der Waals surface area contributed by atoms with Gasteiger partial charge in [-0.15, -0.1) is 11.3 Å². The van der Waals surface area contributed by atoms with Crippen molar-refractivity contribution in [1.29, 1.82) is 5.26 Å². The van der Waals surface area contributed by atoms with Crippen LogP contribution in [0.2, 0.25) is 0 Å². The molecule has 0 aliphatic carbocycles. The second-order valence-electron chi connectivity index (χ2n) is 3.97. The number of nitrogens with one attached hydrogen (secondary N) is 2. The van der Waals surface area contributed by atoms with Crippen molar-refractivity contribution in [2.45, 2.75) is 0 Å². The molecule has 1 amide bonds. The van der Waals surface area contributed by atoms with E-state index in [1.807, 2.05) is 18.2 Å². The van der Waals surface area contributed by atoms with Gasteiger partial charge >= 0.3 is 0 Å². The molecule has 0 unspecified atom stereocenters. The highest BCUT2D eigenvalue weighted by molar-refractivity contribution is 7.14. The molecule has 3 rings (SSSR count). The minimum Gasteiger partial charge on any atom is -0.361 e. The van der Waals surface area contributed by atoms with Crippen LogP contribution in [0, 0.1) is 11.3 Å². The van der Waals surface area contributed by atoms with E-state index in [0.29, 0.717) is 16.1 Å². The fraction of sp³-hybridized carbons (Fsp3) is 0. The van der Waals surface area contributed by atoms with Crippen LogP contribution < -0.4 is 5.32 Å².